The second kappa shape index (κ2) is 6.50. The first-order valence-electron chi connectivity index (χ1n) is 8.97. The van der Waals surface area contributed by atoms with E-state index in [4.69, 9.17) is 0 Å². The molecule has 0 unspecified atom stereocenters. The quantitative estimate of drug-likeness (QED) is 0.938. The summed E-state index contributed by atoms with van der Waals surface area (Å²) in [7, 11) is 0. The molecule has 2 aromatic rings. The van der Waals surface area contributed by atoms with Gasteiger partial charge in [-0.05, 0) is 29.7 Å². The molecule has 1 heterocycles. The summed E-state index contributed by atoms with van der Waals surface area (Å²) in [6, 6.07) is 13.0. The lowest BCUT2D eigenvalue weighted by Crippen LogP contribution is -2.49. The minimum absolute atomic E-state index is 0.432. The first-order valence-corrected chi connectivity index (χ1v) is 8.97. The van der Waals surface area contributed by atoms with E-state index in [1.807, 2.05) is 12.1 Å². The molecule has 2 fully saturated rings. The van der Waals surface area contributed by atoms with Gasteiger partial charge in [0.15, 0.2) is 0 Å². The molecule has 1 aliphatic heterocycles. The lowest BCUT2D eigenvalue weighted by atomic mass is 10.0. The highest BCUT2D eigenvalue weighted by Crippen LogP contribution is 2.29. The Kier molecular flexibility index (Phi) is 4.23. The fraction of sp³-hybridized carbons (Fsp3) is 0.500. The van der Waals surface area contributed by atoms with Crippen LogP contribution in [0.1, 0.15) is 31.2 Å². The summed E-state index contributed by atoms with van der Waals surface area (Å²) in [5.74, 6) is 0.432. The number of rotatable bonds is 3. The number of fused-ring (bicyclic) bond motifs is 1. The second-order valence-corrected chi connectivity index (χ2v) is 7.03. The summed E-state index contributed by atoms with van der Waals surface area (Å²) >= 11 is 0. The Labute approximate surface area is 138 Å². The summed E-state index contributed by atoms with van der Waals surface area (Å²) in [6.07, 6.45) is 5.61. The van der Waals surface area contributed by atoms with Crippen LogP contribution in [0.2, 0.25) is 0 Å². The zero-order valence-electron chi connectivity index (χ0n) is 13.7. The summed E-state index contributed by atoms with van der Waals surface area (Å²) in [6.45, 7) is 5.43. The molecule has 1 aliphatic carbocycles. The van der Waals surface area contributed by atoms with Gasteiger partial charge in [-0.1, -0.05) is 43.2 Å². The Morgan fingerprint density at radius 1 is 0.913 bits per heavy atom. The van der Waals surface area contributed by atoms with E-state index in [1.54, 1.807) is 0 Å². The zero-order valence-corrected chi connectivity index (χ0v) is 13.7. The fourth-order valence-electron chi connectivity index (χ4n) is 4.27. The molecule has 2 aliphatic rings. The Bertz CT molecular complexity index is 670. The van der Waals surface area contributed by atoms with E-state index in [2.05, 4.69) is 34.1 Å². The minimum atomic E-state index is 0.432. The molecular formula is C20H26N2O. The lowest BCUT2D eigenvalue weighted by molar-refractivity contribution is 0.0935. The normalized spacial score (nSPS) is 21.2. The summed E-state index contributed by atoms with van der Waals surface area (Å²) in [5.41, 5.74) is 1.08. The average molecular weight is 310 g/mol. The van der Waals surface area contributed by atoms with Gasteiger partial charge < -0.3 is 5.11 Å². The molecule has 0 spiro atoms. The third-order valence-corrected chi connectivity index (χ3v) is 5.65. The summed E-state index contributed by atoms with van der Waals surface area (Å²) in [4.78, 5) is 5.18. The van der Waals surface area contributed by atoms with Crippen LogP contribution in [0.15, 0.2) is 36.4 Å². The third kappa shape index (κ3) is 3.08. The van der Waals surface area contributed by atoms with Crippen LogP contribution in [0.25, 0.3) is 10.8 Å². The van der Waals surface area contributed by atoms with E-state index in [-0.39, 0.29) is 0 Å². The van der Waals surface area contributed by atoms with Crippen LogP contribution >= 0.6 is 0 Å². The number of hydrogen-bond donors (Lipinski definition) is 1. The first kappa shape index (κ1) is 15.0. The van der Waals surface area contributed by atoms with Gasteiger partial charge >= 0.3 is 0 Å². The van der Waals surface area contributed by atoms with Gasteiger partial charge in [0.05, 0.1) is 0 Å². The van der Waals surface area contributed by atoms with Crippen molar-refractivity contribution in [1.82, 2.24) is 9.80 Å². The number of phenolic OH excluding ortho intramolecular Hbond substituents is 1. The Hall–Kier alpha value is -1.58. The highest BCUT2D eigenvalue weighted by molar-refractivity contribution is 5.87. The molecule has 3 nitrogen and oxygen atoms in total. The van der Waals surface area contributed by atoms with Crippen molar-refractivity contribution in [2.45, 2.75) is 38.3 Å². The van der Waals surface area contributed by atoms with Gasteiger partial charge in [0.25, 0.3) is 0 Å². The van der Waals surface area contributed by atoms with Crippen molar-refractivity contribution in [3.05, 3.63) is 42.0 Å². The molecule has 2 aromatic carbocycles. The SMILES string of the molecule is Oc1ccc2ccccc2c1CN1CCN(C2CCCC2)CC1. The number of benzene rings is 2. The fourth-order valence-corrected chi connectivity index (χ4v) is 4.27. The molecule has 1 N–H and O–H groups in total. The van der Waals surface area contributed by atoms with E-state index in [0.717, 1.165) is 31.2 Å². The predicted molar refractivity (Wildman–Crippen MR) is 94.7 cm³/mol. The van der Waals surface area contributed by atoms with Gasteiger partial charge in [-0.3, -0.25) is 9.80 Å². The maximum Gasteiger partial charge on any atom is 0.120 e. The van der Waals surface area contributed by atoms with E-state index in [0.29, 0.717) is 5.75 Å². The van der Waals surface area contributed by atoms with Gasteiger partial charge in [-0.25, -0.2) is 0 Å². The Morgan fingerprint density at radius 2 is 1.65 bits per heavy atom. The standard InChI is InChI=1S/C20H26N2O/c23-20-10-9-16-5-1-4-8-18(16)19(20)15-21-11-13-22(14-12-21)17-6-2-3-7-17/h1,4-5,8-10,17,23H,2-3,6-7,11-15H2. The van der Waals surface area contributed by atoms with Crippen molar-refractivity contribution in [2.24, 2.45) is 0 Å². The molecule has 1 saturated carbocycles. The van der Waals surface area contributed by atoms with Gasteiger partial charge in [-0.2, -0.15) is 0 Å². The van der Waals surface area contributed by atoms with E-state index < -0.39 is 0 Å². The van der Waals surface area contributed by atoms with Crippen LogP contribution < -0.4 is 0 Å². The number of piperazine rings is 1. The van der Waals surface area contributed by atoms with Crippen LogP contribution in [-0.2, 0) is 6.54 Å². The predicted octanol–water partition coefficient (Wildman–Crippen LogP) is 3.61. The number of nitrogens with zero attached hydrogens (tertiary/aromatic N) is 2. The largest absolute Gasteiger partial charge is 0.508 e. The lowest BCUT2D eigenvalue weighted by Gasteiger charge is -2.38. The van der Waals surface area contributed by atoms with Crippen molar-refractivity contribution in [2.75, 3.05) is 26.2 Å². The van der Waals surface area contributed by atoms with Gasteiger partial charge in [0.1, 0.15) is 5.75 Å². The average Bonchev–Trinajstić information content (AvgIpc) is 3.13. The molecule has 0 radical (unpaired) electrons. The highest BCUT2D eigenvalue weighted by Gasteiger charge is 2.26. The number of aromatic hydroxyl groups is 1. The summed E-state index contributed by atoms with van der Waals surface area (Å²) in [5, 5.41) is 12.7. The van der Waals surface area contributed by atoms with Crippen LogP contribution in [0.3, 0.4) is 0 Å². The molecule has 1 saturated heterocycles. The molecule has 0 aromatic heterocycles. The van der Waals surface area contributed by atoms with Crippen LogP contribution in [0, 0.1) is 0 Å². The zero-order chi connectivity index (χ0) is 15.6. The van der Waals surface area contributed by atoms with Crippen molar-refractivity contribution < 1.29 is 5.11 Å². The highest BCUT2D eigenvalue weighted by atomic mass is 16.3. The monoisotopic (exact) mass is 310 g/mol. The molecule has 23 heavy (non-hydrogen) atoms. The van der Waals surface area contributed by atoms with Crippen LogP contribution in [0.5, 0.6) is 5.75 Å². The van der Waals surface area contributed by atoms with Crippen molar-refractivity contribution >= 4 is 10.8 Å². The maximum atomic E-state index is 10.3. The number of phenols is 1. The second-order valence-electron chi connectivity index (χ2n) is 7.03. The maximum absolute atomic E-state index is 10.3. The Morgan fingerprint density at radius 3 is 2.43 bits per heavy atom. The van der Waals surface area contributed by atoms with Crippen molar-refractivity contribution in [3.63, 3.8) is 0 Å². The van der Waals surface area contributed by atoms with E-state index in [1.165, 1.54) is 49.5 Å². The van der Waals surface area contributed by atoms with Gasteiger partial charge in [-0.15, -0.1) is 0 Å². The van der Waals surface area contributed by atoms with Crippen molar-refractivity contribution in [3.8, 4) is 5.75 Å². The number of hydrogen-bond acceptors (Lipinski definition) is 3. The van der Waals surface area contributed by atoms with E-state index in [9.17, 15) is 5.11 Å². The Balaban J connectivity index is 1.46. The van der Waals surface area contributed by atoms with Crippen molar-refractivity contribution in [1.29, 1.82) is 0 Å². The van der Waals surface area contributed by atoms with Crippen LogP contribution in [-0.4, -0.2) is 47.1 Å². The molecule has 0 bridgehead atoms. The molecule has 0 amide bonds. The van der Waals surface area contributed by atoms with E-state index >= 15 is 0 Å². The molecule has 122 valence electrons. The van der Waals surface area contributed by atoms with Gasteiger partial charge in [0.2, 0.25) is 0 Å². The molecule has 3 heteroatoms. The van der Waals surface area contributed by atoms with Crippen LogP contribution in [0.4, 0.5) is 0 Å². The minimum Gasteiger partial charge on any atom is -0.508 e. The molecular weight excluding hydrogens is 284 g/mol. The first-order chi connectivity index (χ1) is 11.3. The third-order valence-electron chi connectivity index (χ3n) is 5.65. The summed E-state index contributed by atoms with van der Waals surface area (Å²) < 4.78 is 0. The molecule has 0 atom stereocenters. The smallest absolute Gasteiger partial charge is 0.120 e. The van der Waals surface area contributed by atoms with Gasteiger partial charge in [0, 0.05) is 44.3 Å². The topological polar surface area (TPSA) is 26.7 Å². The molecule has 4 rings (SSSR count).